The molecular weight excluding hydrogens is 281 g/mol. The van der Waals surface area contributed by atoms with Crippen molar-refractivity contribution in [1.29, 1.82) is 0 Å². The Kier molecular flexibility index (Phi) is 9.33. The van der Waals surface area contributed by atoms with E-state index in [1.54, 1.807) is 0 Å². The molecule has 0 aromatic rings. The number of rotatable bonds is 0. The van der Waals surface area contributed by atoms with Crippen LogP contribution >= 0.6 is 0 Å². The van der Waals surface area contributed by atoms with Crippen LogP contribution in [0.5, 0.6) is 0 Å². The van der Waals surface area contributed by atoms with Crippen LogP contribution in [0.1, 0.15) is 0 Å². The molecule has 0 fully saturated rings. The Bertz CT molecular complexity index is 55.1. The molecule has 0 aliphatic rings. The molecule has 75 valence electrons. The van der Waals surface area contributed by atoms with Gasteiger partial charge in [-0.25, -0.2) is 0 Å². The predicted octanol–water partition coefficient (Wildman–Crippen LogP) is 2.60. The Hall–Kier alpha value is 0.310. The third kappa shape index (κ3) is 7400. The first-order valence-corrected chi connectivity index (χ1v) is 1.75. The first kappa shape index (κ1) is 17.4. The molecule has 0 N–H and O–H groups in total. The maximum absolute atomic E-state index is 9.75. The van der Waals surface area contributed by atoms with Crippen molar-refractivity contribution in [3.05, 3.63) is 0 Å². The summed E-state index contributed by atoms with van der Waals surface area (Å²) in [5.41, 5.74) is 0. The molecule has 11 heteroatoms. The van der Waals surface area contributed by atoms with Gasteiger partial charge in [-0.3, -0.25) is 0 Å². The normalized spacial score (nSPS) is 10.9. The van der Waals surface area contributed by atoms with Crippen LogP contribution in [0.15, 0.2) is 0 Å². The van der Waals surface area contributed by atoms with Crippen LogP contribution in [0.25, 0.3) is 0 Å². The molecular formula is AgB2F8-2. The zero-order valence-electron chi connectivity index (χ0n) is 4.48. The van der Waals surface area contributed by atoms with E-state index in [0.29, 0.717) is 0 Å². The van der Waals surface area contributed by atoms with Crippen molar-refractivity contribution in [1.82, 2.24) is 0 Å². The Morgan fingerprint density at radius 1 is 0.455 bits per heavy atom. The fourth-order valence-corrected chi connectivity index (χ4v) is 0. The molecule has 0 amide bonds. The number of halogens is 8. The maximum atomic E-state index is 9.75. The van der Waals surface area contributed by atoms with Crippen LogP contribution < -0.4 is 0 Å². The van der Waals surface area contributed by atoms with Gasteiger partial charge in [0.15, 0.2) is 0 Å². The van der Waals surface area contributed by atoms with Crippen molar-refractivity contribution in [2.24, 2.45) is 0 Å². The standard InChI is InChI=1S/Ag.2BF4/c;2*2-1(3,4)5/q;2*-1. The molecule has 1 radical (unpaired) electrons. The van der Waals surface area contributed by atoms with Gasteiger partial charge in [-0.2, -0.15) is 0 Å². The van der Waals surface area contributed by atoms with Crippen molar-refractivity contribution in [3.63, 3.8) is 0 Å². The van der Waals surface area contributed by atoms with E-state index in [2.05, 4.69) is 0 Å². The Morgan fingerprint density at radius 3 is 0.455 bits per heavy atom. The van der Waals surface area contributed by atoms with Gasteiger partial charge in [0.05, 0.1) is 0 Å². The molecule has 0 rings (SSSR count). The van der Waals surface area contributed by atoms with Gasteiger partial charge < -0.3 is 34.5 Å². The van der Waals surface area contributed by atoms with E-state index in [1.807, 2.05) is 0 Å². The summed E-state index contributed by atoms with van der Waals surface area (Å²) in [6.07, 6.45) is 0. The minimum absolute atomic E-state index is 0. The average molecular weight is 281 g/mol. The fourth-order valence-electron chi connectivity index (χ4n) is 0. The largest absolute Gasteiger partial charge is 0.673 e. The van der Waals surface area contributed by atoms with Crippen LogP contribution in [-0.2, 0) is 22.4 Å². The van der Waals surface area contributed by atoms with Crippen LogP contribution in [0, 0.1) is 0 Å². The van der Waals surface area contributed by atoms with Crippen LogP contribution in [0.4, 0.5) is 34.5 Å². The zero-order valence-corrected chi connectivity index (χ0v) is 5.96. The topological polar surface area (TPSA) is 0 Å². The van der Waals surface area contributed by atoms with Crippen molar-refractivity contribution in [2.45, 2.75) is 0 Å². The fraction of sp³-hybridized carbons (Fsp3) is 0. The van der Waals surface area contributed by atoms with Gasteiger partial charge in [-0.05, 0) is 0 Å². The van der Waals surface area contributed by atoms with E-state index >= 15 is 0 Å². The van der Waals surface area contributed by atoms with E-state index in [9.17, 15) is 34.5 Å². The predicted molar refractivity (Wildman–Crippen MR) is 20.4 cm³/mol. The molecule has 0 atom stereocenters. The summed E-state index contributed by atoms with van der Waals surface area (Å²) in [5.74, 6) is 0. The summed E-state index contributed by atoms with van der Waals surface area (Å²) in [4.78, 5) is 0. The van der Waals surface area contributed by atoms with Gasteiger partial charge in [0.2, 0.25) is 0 Å². The van der Waals surface area contributed by atoms with Crippen LogP contribution in [0.2, 0.25) is 0 Å². The Balaban J connectivity index is -0.000000107. The van der Waals surface area contributed by atoms with E-state index in [1.165, 1.54) is 0 Å². The minimum atomic E-state index is -6.00. The van der Waals surface area contributed by atoms with E-state index < -0.39 is 14.5 Å². The minimum Gasteiger partial charge on any atom is -0.418 e. The smallest absolute Gasteiger partial charge is 0.418 e. The monoisotopic (exact) mass is 281 g/mol. The van der Waals surface area contributed by atoms with Crippen LogP contribution in [-0.4, -0.2) is 14.5 Å². The second-order valence-corrected chi connectivity index (χ2v) is 0.990. The summed E-state index contributed by atoms with van der Waals surface area (Å²) in [5, 5.41) is 0. The molecule has 0 spiro atoms. The second kappa shape index (κ2) is 5.90. The summed E-state index contributed by atoms with van der Waals surface area (Å²) >= 11 is 0. The molecule has 0 unspecified atom stereocenters. The third-order valence-electron chi connectivity index (χ3n) is 0. The second-order valence-electron chi connectivity index (χ2n) is 0.990. The first-order valence-electron chi connectivity index (χ1n) is 1.75. The first-order chi connectivity index (χ1) is 4.00. The molecule has 0 heterocycles. The summed E-state index contributed by atoms with van der Waals surface area (Å²) in [7, 11) is -12.0. The quantitative estimate of drug-likeness (QED) is 0.473. The van der Waals surface area contributed by atoms with Crippen molar-refractivity contribution < 1.29 is 56.9 Å². The molecule has 0 aromatic heterocycles. The summed E-state index contributed by atoms with van der Waals surface area (Å²) < 4.78 is 78.0. The van der Waals surface area contributed by atoms with Gasteiger partial charge in [0.25, 0.3) is 0 Å². The van der Waals surface area contributed by atoms with Crippen molar-refractivity contribution >= 4 is 14.5 Å². The maximum Gasteiger partial charge on any atom is 0.673 e. The van der Waals surface area contributed by atoms with Crippen molar-refractivity contribution in [3.8, 4) is 0 Å². The summed E-state index contributed by atoms with van der Waals surface area (Å²) in [6, 6.07) is 0. The molecule has 0 nitrogen and oxygen atoms in total. The van der Waals surface area contributed by atoms with Gasteiger partial charge >= 0.3 is 14.5 Å². The Labute approximate surface area is 72.0 Å². The number of hydrogen-bond donors (Lipinski definition) is 0. The molecule has 0 saturated heterocycles. The summed E-state index contributed by atoms with van der Waals surface area (Å²) in [6.45, 7) is 0. The molecule has 0 aliphatic heterocycles. The van der Waals surface area contributed by atoms with E-state index in [-0.39, 0.29) is 22.4 Å². The number of hydrogen-bond acceptors (Lipinski definition) is 0. The van der Waals surface area contributed by atoms with Crippen LogP contribution in [0.3, 0.4) is 0 Å². The Morgan fingerprint density at radius 2 is 0.455 bits per heavy atom. The van der Waals surface area contributed by atoms with Gasteiger partial charge in [0, 0.05) is 22.4 Å². The van der Waals surface area contributed by atoms with Gasteiger partial charge in [-0.15, -0.1) is 0 Å². The van der Waals surface area contributed by atoms with Gasteiger partial charge in [-0.1, -0.05) is 0 Å². The van der Waals surface area contributed by atoms with E-state index in [4.69, 9.17) is 0 Å². The third-order valence-corrected chi connectivity index (χ3v) is 0. The molecule has 0 aliphatic carbocycles. The molecule has 0 saturated carbocycles. The molecule has 0 aromatic carbocycles. The van der Waals surface area contributed by atoms with E-state index in [0.717, 1.165) is 0 Å². The molecule has 0 bridgehead atoms. The molecule has 11 heavy (non-hydrogen) atoms. The SMILES string of the molecule is F[B-](F)(F)F.F[B-](F)(F)F.[Ag]. The van der Waals surface area contributed by atoms with Crippen molar-refractivity contribution in [2.75, 3.05) is 0 Å². The average Bonchev–Trinajstić information content (AvgIpc) is 1.12. The van der Waals surface area contributed by atoms with Gasteiger partial charge in [0.1, 0.15) is 0 Å². The zero-order chi connectivity index (χ0) is 9.00.